The van der Waals surface area contributed by atoms with Gasteiger partial charge in [0.2, 0.25) is 0 Å². The van der Waals surface area contributed by atoms with Crippen molar-refractivity contribution in [2.75, 3.05) is 0 Å². The molecule has 3 nitrogen and oxygen atoms in total. The molecule has 0 saturated carbocycles. The van der Waals surface area contributed by atoms with E-state index >= 15 is 0 Å². The van der Waals surface area contributed by atoms with E-state index in [1.165, 1.54) is 0 Å². The average Bonchev–Trinajstić information content (AvgIpc) is 2.18. The van der Waals surface area contributed by atoms with E-state index < -0.39 is 12.0 Å². The van der Waals surface area contributed by atoms with Gasteiger partial charge in [-0.1, -0.05) is 35.0 Å². The Bertz CT molecular complexity index is 354. The van der Waals surface area contributed by atoms with Crippen LogP contribution in [0.1, 0.15) is 24.8 Å². The number of hydrogen-bond acceptors (Lipinski definition) is 2. The van der Waals surface area contributed by atoms with Crippen molar-refractivity contribution in [2.24, 2.45) is 5.73 Å². The molecule has 82 valence electrons. The SMILES string of the molecule is CCC(c1cccc(Br)c1)C(N)C(=O)O. The number of carboxylic acids is 1. The third kappa shape index (κ3) is 3.04. The van der Waals surface area contributed by atoms with Crippen molar-refractivity contribution in [3.63, 3.8) is 0 Å². The van der Waals surface area contributed by atoms with E-state index in [1.807, 2.05) is 31.2 Å². The Kier molecular flexibility index (Phi) is 4.29. The summed E-state index contributed by atoms with van der Waals surface area (Å²) in [5.41, 5.74) is 6.60. The van der Waals surface area contributed by atoms with Crippen LogP contribution in [0.5, 0.6) is 0 Å². The maximum atomic E-state index is 10.8. The zero-order valence-corrected chi connectivity index (χ0v) is 10.1. The number of benzene rings is 1. The highest BCUT2D eigenvalue weighted by Crippen LogP contribution is 2.25. The van der Waals surface area contributed by atoms with Crippen molar-refractivity contribution < 1.29 is 9.90 Å². The van der Waals surface area contributed by atoms with Gasteiger partial charge in [-0.15, -0.1) is 0 Å². The number of hydrogen-bond donors (Lipinski definition) is 2. The summed E-state index contributed by atoms with van der Waals surface area (Å²) < 4.78 is 0.941. The second-order valence-corrected chi connectivity index (χ2v) is 4.35. The van der Waals surface area contributed by atoms with Crippen LogP contribution >= 0.6 is 15.9 Å². The number of halogens is 1. The quantitative estimate of drug-likeness (QED) is 0.884. The number of nitrogens with two attached hydrogens (primary N) is 1. The third-order valence-corrected chi connectivity index (χ3v) is 2.93. The minimum atomic E-state index is -0.957. The number of aliphatic carboxylic acids is 1. The molecule has 15 heavy (non-hydrogen) atoms. The van der Waals surface area contributed by atoms with Gasteiger partial charge in [0.25, 0.3) is 0 Å². The molecular weight excluding hydrogens is 258 g/mol. The van der Waals surface area contributed by atoms with Gasteiger partial charge in [-0.3, -0.25) is 4.79 Å². The monoisotopic (exact) mass is 271 g/mol. The number of rotatable bonds is 4. The van der Waals surface area contributed by atoms with Crippen LogP contribution in [0.25, 0.3) is 0 Å². The normalized spacial score (nSPS) is 14.6. The summed E-state index contributed by atoms with van der Waals surface area (Å²) in [6.45, 7) is 1.94. The van der Waals surface area contributed by atoms with Gasteiger partial charge in [0.1, 0.15) is 6.04 Å². The van der Waals surface area contributed by atoms with Crippen LogP contribution in [-0.2, 0) is 4.79 Å². The zero-order chi connectivity index (χ0) is 11.4. The van der Waals surface area contributed by atoms with E-state index in [9.17, 15) is 4.79 Å². The molecule has 0 radical (unpaired) electrons. The Hall–Kier alpha value is -0.870. The molecule has 0 spiro atoms. The van der Waals surface area contributed by atoms with E-state index in [4.69, 9.17) is 10.8 Å². The highest BCUT2D eigenvalue weighted by Gasteiger charge is 2.24. The van der Waals surface area contributed by atoms with E-state index in [0.29, 0.717) is 6.42 Å². The van der Waals surface area contributed by atoms with Crippen LogP contribution in [0.2, 0.25) is 0 Å². The fraction of sp³-hybridized carbons (Fsp3) is 0.364. The van der Waals surface area contributed by atoms with Gasteiger partial charge in [0.15, 0.2) is 0 Å². The molecule has 0 aliphatic heterocycles. The lowest BCUT2D eigenvalue weighted by Gasteiger charge is -2.19. The van der Waals surface area contributed by atoms with Crippen LogP contribution in [-0.4, -0.2) is 17.1 Å². The fourth-order valence-electron chi connectivity index (χ4n) is 1.61. The molecule has 0 amide bonds. The molecule has 2 unspecified atom stereocenters. The summed E-state index contributed by atoms with van der Waals surface area (Å²) in [6, 6.07) is 6.77. The molecule has 0 fully saturated rings. The van der Waals surface area contributed by atoms with Crippen LogP contribution in [0.15, 0.2) is 28.7 Å². The topological polar surface area (TPSA) is 63.3 Å². The van der Waals surface area contributed by atoms with Crippen molar-refractivity contribution in [2.45, 2.75) is 25.3 Å². The minimum absolute atomic E-state index is 0.139. The highest BCUT2D eigenvalue weighted by atomic mass is 79.9. The van der Waals surface area contributed by atoms with Crippen molar-refractivity contribution in [1.82, 2.24) is 0 Å². The van der Waals surface area contributed by atoms with Gasteiger partial charge in [0, 0.05) is 10.4 Å². The lowest BCUT2D eigenvalue weighted by Crippen LogP contribution is -2.36. The lowest BCUT2D eigenvalue weighted by atomic mass is 9.90. The first-order valence-electron chi connectivity index (χ1n) is 4.80. The largest absolute Gasteiger partial charge is 0.480 e. The van der Waals surface area contributed by atoms with Crippen molar-refractivity contribution in [3.05, 3.63) is 34.3 Å². The smallest absolute Gasteiger partial charge is 0.321 e. The standard InChI is InChI=1S/C11H14BrNO2/c1-2-9(10(13)11(14)15)7-4-3-5-8(12)6-7/h3-6,9-10H,2,13H2,1H3,(H,14,15). The fourth-order valence-corrected chi connectivity index (χ4v) is 2.02. The first kappa shape index (κ1) is 12.2. The predicted octanol–water partition coefficient (Wildman–Crippen LogP) is 2.35. The van der Waals surface area contributed by atoms with Gasteiger partial charge in [-0.25, -0.2) is 0 Å². The maximum Gasteiger partial charge on any atom is 0.321 e. The number of carboxylic acid groups (broad SMARTS) is 1. The molecule has 1 aromatic rings. The van der Waals surface area contributed by atoms with E-state index in [2.05, 4.69) is 15.9 Å². The minimum Gasteiger partial charge on any atom is -0.480 e. The molecule has 0 aliphatic carbocycles. The van der Waals surface area contributed by atoms with Crippen molar-refractivity contribution in [1.29, 1.82) is 0 Å². The Morgan fingerprint density at radius 1 is 1.60 bits per heavy atom. The molecule has 1 aromatic carbocycles. The van der Waals surface area contributed by atoms with Gasteiger partial charge < -0.3 is 10.8 Å². The average molecular weight is 272 g/mol. The maximum absolute atomic E-state index is 10.8. The second-order valence-electron chi connectivity index (χ2n) is 3.43. The molecule has 0 aliphatic rings. The summed E-state index contributed by atoms with van der Waals surface area (Å²) in [7, 11) is 0. The molecule has 3 N–H and O–H groups in total. The Balaban J connectivity index is 2.97. The van der Waals surface area contributed by atoms with E-state index in [-0.39, 0.29) is 5.92 Å². The summed E-state index contributed by atoms with van der Waals surface area (Å²) >= 11 is 3.36. The molecule has 2 atom stereocenters. The summed E-state index contributed by atoms with van der Waals surface area (Å²) in [6.07, 6.45) is 0.712. The van der Waals surface area contributed by atoms with Crippen molar-refractivity contribution in [3.8, 4) is 0 Å². The molecule has 1 rings (SSSR count). The third-order valence-electron chi connectivity index (χ3n) is 2.44. The van der Waals surface area contributed by atoms with Gasteiger partial charge in [-0.05, 0) is 24.1 Å². The summed E-state index contributed by atoms with van der Waals surface area (Å²) in [5, 5.41) is 8.88. The molecule has 4 heteroatoms. The van der Waals surface area contributed by atoms with Crippen LogP contribution < -0.4 is 5.73 Å². The van der Waals surface area contributed by atoms with Crippen molar-refractivity contribution >= 4 is 21.9 Å². The summed E-state index contributed by atoms with van der Waals surface area (Å²) in [5.74, 6) is -1.10. The Morgan fingerprint density at radius 3 is 2.73 bits per heavy atom. The van der Waals surface area contributed by atoms with Crippen LogP contribution in [0.4, 0.5) is 0 Å². The second kappa shape index (κ2) is 5.28. The summed E-state index contributed by atoms with van der Waals surface area (Å²) in [4.78, 5) is 10.8. The van der Waals surface area contributed by atoms with E-state index in [0.717, 1.165) is 10.0 Å². The molecular formula is C11H14BrNO2. The highest BCUT2D eigenvalue weighted by molar-refractivity contribution is 9.10. The van der Waals surface area contributed by atoms with E-state index in [1.54, 1.807) is 0 Å². The molecule has 0 saturated heterocycles. The Morgan fingerprint density at radius 2 is 2.27 bits per heavy atom. The molecule has 0 heterocycles. The first-order chi connectivity index (χ1) is 7.06. The first-order valence-corrected chi connectivity index (χ1v) is 5.59. The Labute approximate surface area is 97.4 Å². The molecule has 0 aromatic heterocycles. The lowest BCUT2D eigenvalue weighted by molar-refractivity contribution is -0.139. The number of carbonyl (C=O) groups is 1. The molecule has 0 bridgehead atoms. The van der Waals surface area contributed by atoms with Crippen LogP contribution in [0, 0.1) is 0 Å². The zero-order valence-electron chi connectivity index (χ0n) is 8.48. The van der Waals surface area contributed by atoms with Gasteiger partial charge >= 0.3 is 5.97 Å². The van der Waals surface area contributed by atoms with Gasteiger partial charge in [0.05, 0.1) is 0 Å². The predicted molar refractivity (Wildman–Crippen MR) is 62.8 cm³/mol. The van der Waals surface area contributed by atoms with Gasteiger partial charge in [-0.2, -0.15) is 0 Å². The van der Waals surface area contributed by atoms with Crippen LogP contribution in [0.3, 0.4) is 0 Å².